The van der Waals surface area contributed by atoms with Gasteiger partial charge in [0.1, 0.15) is 17.4 Å². The summed E-state index contributed by atoms with van der Waals surface area (Å²) in [5.41, 5.74) is 2.51. The van der Waals surface area contributed by atoms with Crippen LogP contribution in [0.25, 0.3) is 16.9 Å². The molecule has 2 heterocycles. The normalized spacial score (nSPS) is 10.7. The molecule has 0 saturated carbocycles. The maximum absolute atomic E-state index is 9.40. The predicted molar refractivity (Wildman–Crippen MR) is 83.1 cm³/mol. The Morgan fingerprint density at radius 3 is 2.65 bits per heavy atom. The lowest BCUT2D eigenvalue weighted by Gasteiger charge is -2.00. The standard InChI is InChI=1S/C14H6BrCl2N3/c15-9-2-4-13-19-14(12(6-18)20(13)7-9)8-1-3-10(16)11(17)5-8/h1-5,7H. The zero-order chi connectivity index (χ0) is 14.3. The average molecular weight is 367 g/mol. The van der Waals surface area contributed by atoms with Gasteiger partial charge in [-0.3, -0.25) is 4.40 Å². The quantitative estimate of drug-likeness (QED) is 0.611. The van der Waals surface area contributed by atoms with Crippen molar-refractivity contribution in [2.24, 2.45) is 0 Å². The Morgan fingerprint density at radius 2 is 1.95 bits per heavy atom. The average Bonchev–Trinajstić information content (AvgIpc) is 2.79. The summed E-state index contributed by atoms with van der Waals surface area (Å²) in [6, 6.07) is 11.1. The third kappa shape index (κ3) is 2.18. The minimum absolute atomic E-state index is 0.436. The van der Waals surface area contributed by atoms with Crippen LogP contribution in [-0.4, -0.2) is 9.38 Å². The lowest BCUT2D eigenvalue weighted by molar-refractivity contribution is 1.14. The second kappa shape index (κ2) is 5.10. The molecular weight excluding hydrogens is 361 g/mol. The van der Waals surface area contributed by atoms with Crippen molar-refractivity contribution in [2.45, 2.75) is 0 Å². The summed E-state index contributed by atoms with van der Waals surface area (Å²) in [5.74, 6) is 0. The van der Waals surface area contributed by atoms with Crippen molar-refractivity contribution in [2.75, 3.05) is 0 Å². The van der Waals surface area contributed by atoms with Crippen LogP contribution in [0.15, 0.2) is 41.0 Å². The minimum atomic E-state index is 0.436. The summed E-state index contributed by atoms with van der Waals surface area (Å²) >= 11 is 15.3. The molecule has 0 atom stereocenters. The molecule has 3 nitrogen and oxygen atoms in total. The van der Waals surface area contributed by atoms with Gasteiger partial charge in [0.05, 0.1) is 10.0 Å². The van der Waals surface area contributed by atoms with Crippen LogP contribution in [0.3, 0.4) is 0 Å². The molecule has 6 heteroatoms. The van der Waals surface area contributed by atoms with Crippen LogP contribution in [0.5, 0.6) is 0 Å². The minimum Gasteiger partial charge on any atom is -0.290 e. The molecule has 98 valence electrons. The van der Waals surface area contributed by atoms with Gasteiger partial charge in [0.15, 0.2) is 5.69 Å². The number of rotatable bonds is 1. The summed E-state index contributed by atoms with van der Waals surface area (Å²) in [7, 11) is 0. The number of halogens is 3. The van der Waals surface area contributed by atoms with Crippen molar-refractivity contribution < 1.29 is 0 Å². The van der Waals surface area contributed by atoms with Gasteiger partial charge in [0, 0.05) is 16.2 Å². The lowest BCUT2D eigenvalue weighted by atomic mass is 10.1. The monoisotopic (exact) mass is 365 g/mol. The highest BCUT2D eigenvalue weighted by molar-refractivity contribution is 9.10. The van der Waals surface area contributed by atoms with E-state index in [1.165, 1.54) is 0 Å². The smallest absolute Gasteiger partial charge is 0.152 e. The van der Waals surface area contributed by atoms with Crippen molar-refractivity contribution in [1.82, 2.24) is 9.38 Å². The number of hydrogen-bond acceptors (Lipinski definition) is 2. The van der Waals surface area contributed by atoms with Gasteiger partial charge in [-0.25, -0.2) is 4.98 Å². The number of pyridine rings is 1. The van der Waals surface area contributed by atoms with Gasteiger partial charge in [-0.05, 0) is 40.2 Å². The highest BCUT2D eigenvalue weighted by Crippen LogP contribution is 2.30. The number of fused-ring (bicyclic) bond motifs is 1. The van der Waals surface area contributed by atoms with Gasteiger partial charge in [-0.15, -0.1) is 0 Å². The number of aromatic nitrogens is 2. The fourth-order valence-corrected chi connectivity index (χ4v) is 2.61. The Bertz CT molecular complexity index is 865. The first kappa shape index (κ1) is 13.4. The zero-order valence-electron chi connectivity index (χ0n) is 9.94. The van der Waals surface area contributed by atoms with E-state index in [0.29, 0.717) is 27.1 Å². The van der Waals surface area contributed by atoms with E-state index in [9.17, 15) is 5.26 Å². The molecule has 0 aliphatic heterocycles. The molecule has 20 heavy (non-hydrogen) atoms. The van der Waals surface area contributed by atoms with E-state index in [1.54, 1.807) is 22.6 Å². The van der Waals surface area contributed by atoms with E-state index in [1.807, 2.05) is 18.3 Å². The molecule has 3 rings (SSSR count). The van der Waals surface area contributed by atoms with Gasteiger partial charge in [0.2, 0.25) is 0 Å². The van der Waals surface area contributed by atoms with E-state index in [4.69, 9.17) is 23.2 Å². The van der Waals surface area contributed by atoms with Gasteiger partial charge < -0.3 is 0 Å². The van der Waals surface area contributed by atoms with Crippen LogP contribution in [0, 0.1) is 11.3 Å². The first-order chi connectivity index (χ1) is 9.60. The van der Waals surface area contributed by atoms with Crippen LogP contribution in [0.2, 0.25) is 10.0 Å². The largest absolute Gasteiger partial charge is 0.290 e. The SMILES string of the molecule is N#Cc1c(-c2ccc(Cl)c(Cl)c2)nc2ccc(Br)cn12. The Hall–Kier alpha value is -1.54. The van der Waals surface area contributed by atoms with E-state index < -0.39 is 0 Å². The highest BCUT2D eigenvalue weighted by Gasteiger charge is 2.14. The fraction of sp³-hybridized carbons (Fsp3) is 0. The van der Waals surface area contributed by atoms with Crippen molar-refractivity contribution in [3.8, 4) is 17.3 Å². The fourth-order valence-electron chi connectivity index (χ4n) is 1.97. The van der Waals surface area contributed by atoms with Gasteiger partial charge in [-0.1, -0.05) is 29.3 Å². The van der Waals surface area contributed by atoms with Gasteiger partial charge >= 0.3 is 0 Å². The zero-order valence-corrected chi connectivity index (χ0v) is 13.0. The van der Waals surface area contributed by atoms with E-state index in [-0.39, 0.29) is 0 Å². The summed E-state index contributed by atoms with van der Waals surface area (Å²) < 4.78 is 2.61. The van der Waals surface area contributed by atoms with Crippen molar-refractivity contribution in [3.05, 3.63) is 56.7 Å². The van der Waals surface area contributed by atoms with E-state index >= 15 is 0 Å². The van der Waals surface area contributed by atoms with E-state index in [0.717, 1.165) is 10.0 Å². The molecule has 0 spiro atoms. The number of hydrogen-bond donors (Lipinski definition) is 0. The molecule has 0 radical (unpaired) electrons. The molecule has 0 bridgehead atoms. The molecule has 0 amide bonds. The molecule has 3 aromatic rings. The van der Waals surface area contributed by atoms with Crippen LogP contribution < -0.4 is 0 Å². The summed E-state index contributed by atoms with van der Waals surface area (Å²) in [4.78, 5) is 4.48. The molecule has 1 aromatic carbocycles. The van der Waals surface area contributed by atoms with Crippen LogP contribution in [0.4, 0.5) is 0 Å². The Kier molecular flexibility index (Phi) is 3.43. The summed E-state index contributed by atoms with van der Waals surface area (Å²) in [6.07, 6.45) is 1.81. The highest BCUT2D eigenvalue weighted by atomic mass is 79.9. The lowest BCUT2D eigenvalue weighted by Crippen LogP contribution is -1.89. The van der Waals surface area contributed by atoms with Crippen molar-refractivity contribution in [1.29, 1.82) is 5.26 Å². The summed E-state index contributed by atoms with van der Waals surface area (Å²) in [5, 5.41) is 10.3. The number of benzene rings is 1. The maximum Gasteiger partial charge on any atom is 0.152 e. The third-order valence-corrected chi connectivity index (χ3v) is 4.09. The number of nitriles is 1. The number of imidazole rings is 1. The van der Waals surface area contributed by atoms with Crippen LogP contribution >= 0.6 is 39.1 Å². The van der Waals surface area contributed by atoms with Crippen LogP contribution in [-0.2, 0) is 0 Å². The van der Waals surface area contributed by atoms with Crippen molar-refractivity contribution in [3.63, 3.8) is 0 Å². The van der Waals surface area contributed by atoms with Gasteiger partial charge in [0.25, 0.3) is 0 Å². The summed E-state index contributed by atoms with van der Waals surface area (Å²) in [6.45, 7) is 0. The van der Waals surface area contributed by atoms with Crippen molar-refractivity contribution >= 4 is 44.8 Å². The Balaban J connectivity index is 2.31. The Labute approximate surface area is 133 Å². The predicted octanol–water partition coefficient (Wildman–Crippen LogP) is 4.94. The first-order valence-electron chi connectivity index (χ1n) is 5.63. The second-order valence-corrected chi connectivity index (χ2v) is 5.86. The molecular formula is C14H6BrCl2N3. The molecule has 0 unspecified atom stereocenters. The molecule has 0 aliphatic carbocycles. The molecule has 0 fully saturated rings. The first-order valence-corrected chi connectivity index (χ1v) is 7.18. The maximum atomic E-state index is 9.40. The molecule has 0 aliphatic rings. The molecule has 2 aromatic heterocycles. The molecule has 0 N–H and O–H groups in total. The molecule has 0 saturated heterocycles. The third-order valence-electron chi connectivity index (χ3n) is 2.88. The van der Waals surface area contributed by atoms with Crippen LogP contribution in [0.1, 0.15) is 5.69 Å². The second-order valence-electron chi connectivity index (χ2n) is 4.13. The van der Waals surface area contributed by atoms with E-state index in [2.05, 4.69) is 27.0 Å². The number of nitrogens with zero attached hydrogens (tertiary/aromatic N) is 3. The topological polar surface area (TPSA) is 41.1 Å². The van der Waals surface area contributed by atoms with Gasteiger partial charge in [-0.2, -0.15) is 5.26 Å². The Morgan fingerprint density at radius 1 is 1.15 bits per heavy atom.